The summed E-state index contributed by atoms with van der Waals surface area (Å²) in [6, 6.07) is 20.6. The minimum absolute atomic E-state index is 0.0392. The van der Waals surface area contributed by atoms with Gasteiger partial charge in [0.2, 0.25) is 0 Å². The van der Waals surface area contributed by atoms with Crippen LogP contribution in [0.2, 0.25) is 0 Å². The van der Waals surface area contributed by atoms with Crippen molar-refractivity contribution in [1.82, 2.24) is 5.06 Å². The minimum Gasteiger partial charge on any atom is -0.367 e. The summed E-state index contributed by atoms with van der Waals surface area (Å²) >= 11 is 0. The fourth-order valence-corrected chi connectivity index (χ4v) is 2.03. The molecule has 0 aliphatic heterocycles. The normalized spacial score (nSPS) is 11.2. The van der Waals surface area contributed by atoms with Crippen LogP contribution in [0.4, 0.5) is 0 Å². The lowest BCUT2D eigenvalue weighted by Gasteiger charge is -2.21. The maximum atomic E-state index is 6.07. The van der Waals surface area contributed by atoms with Crippen LogP contribution < -0.4 is 0 Å². The van der Waals surface area contributed by atoms with Crippen molar-refractivity contribution in [2.75, 3.05) is 27.3 Å². The van der Waals surface area contributed by atoms with E-state index < -0.39 is 0 Å². The van der Waals surface area contributed by atoms with Gasteiger partial charge in [0, 0.05) is 13.6 Å². The highest BCUT2D eigenvalue weighted by Crippen LogP contribution is 2.25. The third-order valence-electron chi connectivity index (χ3n) is 3.21. The number of benzene rings is 2. The molecule has 0 saturated carbocycles. The van der Waals surface area contributed by atoms with Gasteiger partial charge in [-0.1, -0.05) is 60.7 Å². The van der Waals surface area contributed by atoms with Crippen molar-refractivity contribution in [3.8, 4) is 0 Å². The Kier molecular flexibility index (Phi) is 5.74. The zero-order valence-electron chi connectivity index (χ0n) is 12.0. The molecule has 0 bridgehead atoms. The lowest BCUT2D eigenvalue weighted by Crippen LogP contribution is -2.23. The smallest absolute Gasteiger partial charge is 0.108 e. The topological polar surface area (TPSA) is 21.7 Å². The minimum atomic E-state index is -0.0392. The van der Waals surface area contributed by atoms with E-state index in [2.05, 4.69) is 24.3 Å². The second-order valence-corrected chi connectivity index (χ2v) is 4.61. The van der Waals surface area contributed by atoms with Gasteiger partial charge >= 0.3 is 0 Å². The molecule has 0 radical (unpaired) electrons. The van der Waals surface area contributed by atoms with Gasteiger partial charge in [0.15, 0.2) is 0 Å². The largest absolute Gasteiger partial charge is 0.367 e. The Hall–Kier alpha value is -1.68. The first-order valence-electron chi connectivity index (χ1n) is 6.78. The van der Waals surface area contributed by atoms with Gasteiger partial charge < -0.3 is 9.57 Å². The molecule has 0 atom stereocenters. The van der Waals surface area contributed by atoms with Crippen molar-refractivity contribution < 1.29 is 9.57 Å². The molecule has 2 rings (SSSR count). The third kappa shape index (κ3) is 4.17. The van der Waals surface area contributed by atoms with E-state index in [1.54, 1.807) is 12.2 Å². The maximum absolute atomic E-state index is 6.07. The summed E-state index contributed by atoms with van der Waals surface area (Å²) in [7, 11) is 3.55. The SMILES string of the molecule is CON(C)CCOC(c1ccccc1)c1ccccc1. The number of nitrogens with zero attached hydrogens (tertiary/aromatic N) is 1. The van der Waals surface area contributed by atoms with E-state index in [-0.39, 0.29) is 6.10 Å². The van der Waals surface area contributed by atoms with Crippen molar-refractivity contribution in [2.45, 2.75) is 6.10 Å². The van der Waals surface area contributed by atoms with Crippen LogP contribution in [0.25, 0.3) is 0 Å². The lowest BCUT2D eigenvalue weighted by molar-refractivity contribution is -0.122. The molecule has 0 amide bonds. The molecule has 0 aromatic heterocycles. The summed E-state index contributed by atoms with van der Waals surface area (Å²) in [5.74, 6) is 0. The number of ether oxygens (including phenoxy) is 1. The van der Waals surface area contributed by atoms with Gasteiger partial charge in [-0.25, -0.2) is 0 Å². The zero-order chi connectivity index (χ0) is 14.2. The standard InChI is InChI=1S/C17H21NO2/c1-18(19-2)13-14-20-17(15-9-5-3-6-10-15)16-11-7-4-8-12-16/h3-12,17H,13-14H2,1-2H3. The maximum Gasteiger partial charge on any atom is 0.108 e. The monoisotopic (exact) mass is 271 g/mol. The molecule has 0 fully saturated rings. The van der Waals surface area contributed by atoms with E-state index in [1.807, 2.05) is 43.4 Å². The number of hydroxylamine groups is 2. The van der Waals surface area contributed by atoms with Crippen LogP contribution in [-0.4, -0.2) is 32.4 Å². The van der Waals surface area contributed by atoms with Crippen LogP contribution in [-0.2, 0) is 9.57 Å². The highest BCUT2D eigenvalue weighted by atomic mass is 16.7. The Balaban J connectivity index is 2.09. The number of likely N-dealkylation sites (N-methyl/N-ethyl adjacent to an activating group) is 1. The molecule has 3 nitrogen and oxygen atoms in total. The predicted molar refractivity (Wildman–Crippen MR) is 80.3 cm³/mol. The summed E-state index contributed by atoms with van der Waals surface area (Å²) in [4.78, 5) is 5.10. The van der Waals surface area contributed by atoms with E-state index in [0.717, 1.165) is 6.54 Å². The van der Waals surface area contributed by atoms with Crippen molar-refractivity contribution >= 4 is 0 Å². The second-order valence-electron chi connectivity index (χ2n) is 4.61. The third-order valence-corrected chi connectivity index (χ3v) is 3.21. The van der Waals surface area contributed by atoms with E-state index >= 15 is 0 Å². The summed E-state index contributed by atoms with van der Waals surface area (Å²) in [5, 5.41) is 1.76. The number of hydrogen-bond acceptors (Lipinski definition) is 3. The first-order valence-corrected chi connectivity index (χ1v) is 6.78. The first-order chi connectivity index (χ1) is 9.81. The fourth-order valence-electron chi connectivity index (χ4n) is 2.03. The van der Waals surface area contributed by atoms with Gasteiger partial charge in [0.05, 0.1) is 13.7 Å². The molecular weight excluding hydrogens is 250 g/mol. The molecule has 0 aliphatic rings. The number of rotatable bonds is 7. The van der Waals surface area contributed by atoms with Gasteiger partial charge in [-0.2, -0.15) is 5.06 Å². The van der Waals surface area contributed by atoms with Crippen molar-refractivity contribution in [1.29, 1.82) is 0 Å². The van der Waals surface area contributed by atoms with E-state index in [1.165, 1.54) is 11.1 Å². The zero-order valence-corrected chi connectivity index (χ0v) is 12.0. The summed E-state index contributed by atoms with van der Waals surface area (Å²) < 4.78 is 6.07. The molecule has 0 spiro atoms. The van der Waals surface area contributed by atoms with Gasteiger partial charge in [0.1, 0.15) is 6.10 Å². The summed E-state index contributed by atoms with van der Waals surface area (Å²) in [6.45, 7) is 1.34. The summed E-state index contributed by atoms with van der Waals surface area (Å²) in [6.07, 6.45) is -0.0392. The van der Waals surface area contributed by atoms with E-state index in [4.69, 9.17) is 9.57 Å². The Bertz CT molecular complexity index is 447. The van der Waals surface area contributed by atoms with Crippen molar-refractivity contribution in [2.24, 2.45) is 0 Å². The Morgan fingerprint density at radius 1 is 0.900 bits per heavy atom. The van der Waals surface area contributed by atoms with Crippen LogP contribution in [0, 0.1) is 0 Å². The van der Waals surface area contributed by atoms with Crippen LogP contribution >= 0.6 is 0 Å². The quantitative estimate of drug-likeness (QED) is 0.721. The summed E-state index contributed by atoms with van der Waals surface area (Å²) in [5.41, 5.74) is 2.33. The second kappa shape index (κ2) is 7.80. The molecule has 2 aromatic rings. The molecule has 0 heterocycles. The van der Waals surface area contributed by atoms with Crippen LogP contribution in [0.15, 0.2) is 60.7 Å². The van der Waals surface area contributed by atoms with Crippen LogP contribution in [0.3, 0.4) is 0 Å². The van der Waals surface area contributed by atoms with Crippen molar-refractivity contribution in [3.63, 3.8) is 0 Å². The predicted octanol–water partition coefficient (Wildman–Crippen LogP) is 3.29. The molecule has 2 aromatic carbocycles. The molecule has 3 heteroatoms. The van der Waals surface area contributed by atoms with Gasteiger partial charge in [-0.3, -0.25) is 0 Å². The molecule has 0 unspecified atom stereocenters. The van der Waals surface area contributed by atoms with Gasteiger partial charge in [-0.15, -0.1) is 0 Å². The molecular formula is C17H21NO2. The molecule has 0 N–H and O–H groups in total. The Labute approximate surface area is 120 Å². The Morgan fingerprint density at radius 2 is 1.40 bits per heavy atom. The van der Waals surface area contributed by atoms with Gasteiger partial charge in [-0.05, 0) is 11.1 Å². The average Bonchev–Trinajstić information content (AvgIpc) is 2.53. The molecule has 0 saturated heterocycles. The highest BCUT2D eigenvalue weighted by molar-refractivity contribution is 5.29. The highest BCUT2D eigenvalue weighted by Gasteiger charge is 2.14. The van der Waals surface area contributed by atoms with Gasteiger partial charge in [0.25, 0.3) is 0 Å². The Morgan fingerprint density at radius 3 is 1.85 bits per heavy atom. The number of hydrogen-bond donors (Lipinski definition) is 0. The van der Waals surface area contributed by atoms with E-state index in [9.17, 15) is 0 Å². The fraction of sp³-hybridized carbons (Fsp3) is 0.294. The van der Waals surface area contributed by atoms with Crippen LogP contribution in [0.5, 0.6) is 0 Å². The van der Waals surface area contributed by atoms with Crippen LogP contribution in [0.1, 0.15) is 17.2 Å². The first kappa shape index (κ1) is 14.7. The average molecular weight is 271 g/mol. The lowest BCUT2D eigenvalue weighted by atomic mass is 10.0. The van der Waals surface area contributed by atoms with E-state index in [0.29, 0.717) is 6.61 Å². The van der Waals surface area contributed by atoms with Crippen molar-refractivity contribution in [3.05, 3.63) is 71.8 Å². The molecule has 0 aliphatic carbocycles. The molecule has 106 valence electrons. The molecule has 20 heavy (non-hydrogen) atoms.